The molecule has 0 amide bonds. The Hall–Kier alpha value is -0.990. The highest BCUT2D eigenvalue weighted by molar-refractivity contribution is 6.08. The molecule has 4 saturated carbocycles. The predicted octanol–water partition coefficient (Wildman–Crippen LogP) is 5.94. The molecular formula is C26H39NO2. The van der Waals surface area contributed by atoms with Gasteiger partial charge in [-0.25, -0.2) is 0 Å². The Morgan fingerprint density at radius 2 is 1.76 bits per heavy atom. The van der Waals surface area contributed by atoms with Crippen molar-refractivity contribution in [3.05, 3.63) is 0 Å². The Balaban J connectivity index is 1.50. The van der Waals surface area contributed by atoms with E-state index in [-0.39, 0.29) is 11.5 Å². The van der Waals surface area contributed by atoms with Crippen LogP contribution in [-0.2, 0) is 9.59 Å². The van der Waals surface area contributed by atoms with Gasteiger partial charge in [-0.05, 0) is 61.2 Å². The van der Waals surface area contributed by atoms with Crippen molar-refractivity contribution in [2.75, 3.05) is 0 Å². The fraction of sp³-hybridized carbons (Fsp3) is 0.885. The van der Waals surface area contributed by atoms with Crippen molar-refractivity contribution in [1.82, 2.24) is 0 Å². The summed E-state index contributed by atoms with van der Waals surface area (Å²) < 4.78 is 0. The van der Waals surface area contributed by atoms with E-state index in [1.54, 1.807) is 0 Å². The first-order valence-corrected chi connectivity index (χ1v) is 12.5. The summed E-state index contributed by atoms with van der Waals surface area (Å²) in [7, 11) is 0. The first-order valence-electron chi connectivity index (χ1n) is 12.5. The van der Waals surface area contributed by atoms with Gasteiger partial charge in [0.15, 0.2) is 5.78 Å². The van der Waals surface area contributed by atoms with Gasteiger partial charge in [0.2, 0.25) is 0 Å². The van der Waals surface area contributed by atoms with Crippen LogP contribution in [0.4, 0.5) is 0 Å². The van der Waals surface area contributed by atoms with Crippen LogP contribution < -0.4 is 0 Å². The summed E-state index contributed by atoms with van der Waals surface area (Å²) in [6.45, 7) is 4.88. The molecule has 0 aromatic heterocycles. The van der Waals surface area contributed by atoms with E-state index in [0.717, 1.165) is 18.6 Å². The molecule has 0 N–H and O–H groups in total. The number of carbonyl (C=O) groups is 2. The molecule has 4 fully saturated rings. The van der Waals surface area contributed by atoms with E-state index in [1.165, 1.54) is 64.2 Å². The maximum atomic E-state index is 13.7. The lowest BCUT2D eigenvalue weighted by Gasteiger charge is -2.57. The third kappa shape index (κ3) is 3.26. The van der Waals surface area contributed by atoms with Crippen LogP contribution in [-0.4, -0.2) is 23.3 Å². The summed E-state index contributed by atoms with van der Waals surface area (Å²) in [4.78, 5) is 31.2. The molecule has 1 unspecified atom stereocenters. The molecule has 1 heterocycles. The van der Waals surface area contributed by atoms with E-state index >= 15 is 0 Å². The van der Waals surface area contributed by atoms with Crippen molar-refractivity contribution in [1.29, 1.82) is 0 Å². The highest BCUT2D eigenvalue weighted by atomic mass is 16.1. The minimum atomic E-state index is -0.154. The van der Waals surface area contributed by atoms with Crippen molar-refractivity contribution in [2.45, 2.75) is 110 Å². The molecule has 1 aliphatic heterocycles. The minimum Gasteiger partial charge on any atom is -0.299 e. The molecule has 160 valence electrons. The maximum absolute atomic E-state index is 13.7. The molecule has 0 aromatic rings. The van der Waals surface area contributed by atoms with Crippen molar-refractivity contribution in [2.24, 2.45) is 39.5 Å². The average molecular weight is 398 g/mol. The van der Waals surface area contributed by atoms with E-state index in [4.69, 9.17) is 4.99 Å². The molecule has 29 heavy (non-hydrogen) atoms. The molecule has 3 heteroatoms. The third-order valence-electron chi connectivity index (χ3n) is 10.1. The monoisotopic (exact) mass is 397 g/mol. The molecular weight excluding hydrogens is 358 g/mol. The van der Waals surface area contributed by atoms with Gasteiger partial charge in [-0.3, -0.25) is 14.6 Å². The molecule has 5 rings (SSSR count). The van der Waals surface area contributed by atoms with Gasteiger partial charge in [0.05, 0.1) is 0 Å². The number of ketones is 2. The second kappa shape index (κ2) is 7.31. The number of Topliss-reactive ketones (excluding diaryl/α,β-unsaturated/α-hetero) is 2. The molecule has 4 aliphatic carbocycles. The number of hydrogen-bond acceptors (Lipinski definition) is 3. The fourth-order valence-electron chi connectivity index (χ4n) is 8.32. The summed E-state index contributed by atoms with van der Waals surface area (Å²) in [6.07, 6.45) is 15.7. The lowest BCUT2D eigenvalue weighted by atomic mass is 9.48. The van der Waals surface area contributed by atoms with Crippen LogP contribution in [0.25, 0.3) is 0 Å². The van der Waals surface area contributed by atoms with E-state index < -0.39 is 0 Å². The lowest BCUT2D eigenvalue weighted by molar-refractivity contribution is -0.129. The van der Waals surface area contributed by atoms with Gasteiger partial charge in [0.25, 0.3) is 0 Å². The zero-order valence-corrected chi connectivity index (χ0v) is 18.5. The number of nitrogens with zero attached hydrogens (tertiary/aromatic N) is 1. The molecule has 0 spiro atoms. The molecule has 0 aromatic carbocycles. The Morgan fingerprint density at radius 3 is 2.55 bits per heavy atom. The fourth-order valence-corrected chi connectivity index (χ4v) is 8.32. The Kier molecular flexibility index (Phi) is 5.02. The van der Waals surface area contributed by atoms with Crippen LogP contribution >= 0.6 is 0 Å². The maximum Gasteiger partial charge on any atom is 0.157 e. The second-order valence-electron chi connectivity index (χ2n) is 11.7. The van der Waals surface area contributed by atoms with Crippen LogP contribution in [0.15, 0.2) is 4.99 Å². The number of hydrogen-bond donors (Lipinski definition) is 0. The molecule has 0 bridgehead atoms. The SMILES string of the molecule is C[C@@]12CCC[C@H]1[C@@H]1C(C(=O)CC3CCCCC3)N=C3CC(=O)CC[C@]3(C)[C@@H]1CC2. The molecule has 0 radical (unpaired) electrons. The highest BCUT2D eigenvalue weighted by Gasteiger charge is 2.60. The number of carbonyl (C=O) groups excluding carboxylic acids is 2. The van der Waals surface area contributed by atoms with Crippen molar-refractivity contribution in [3.63, 3.8) is 0 Å². The van der Waals surface area contributed by atoms with Crippen molar-refractivity contribution >= 4 is 17.3 Å². The first-order chi connectivity index (χ1) is 13.9. The largest absolute Gasteiger partial charge is 0.299 e. The highest BCUT2D eigenvalue weighted by Crippen LogP contribution is 2.63. The van der Waals surface area contributed by atoms with Gasteiger partial charge in [0.1, 0.15) is 11.8 Å². The molecule has 3 nitrogen and oxygen atoms in total. The second-order valence-corrected chi connectivity index (χ2v) is 11.7. The molecule has 6 atom stereocenters. The van der Waals surface area contributed by atoms with Crippen LogP contribution in [0.1, 0.15) is 104 Å². The van der Waals surface area contributed by atoms with Crippen LogP contribution in [0.2, 0.25) is 0 Å². The minimum absolute atomic E-state index is 0.0596. The smallest absolute Gasteiger partial charge is 0.157 e. The standard InChI is InChI=1S/C26H39NO2/c1-25-12-6-9-19(25)23-20(11-13-25)26(2)14-10-18(28)16-22(26)27-24(23)21(29)15-17-7-4-3-5-8-17/h17,19-20,23-24H,3-16H2,1-2H3/t19-,20+,23-,24?,25-,26+/m0/s1. The molecule has 0 saturated heterocycles. The van der Waals surface area contributed by atoms with Gasteiger partial charge in [0, 0.05) is 30.4 Å². The average Bonchev–Trinajstić information content (AvgIpc) is 3.10. The summed E-state index contributed by atoms with van der Waals surface area (Å²) in [5, 5.41) is 0. The van der Waals surface area contributed by atoms with Crippen molar-refractivity contribution in [3.8, 4) is 0 Å². The predicted molar refractivity (Wildman–Crippen MR) is 116 cm³/mol. The Bertz CT molecular complexity index is 720. The van der Waals surface area contributed by atoms with Gasteiger partial charge in [-0.2, -0.15) is 0 Å². The number of fused-ring (bicyclic) bond motifs is 5. The van der Waals surface area contributed by atoms with E-state index in [1.807, 2.05) is 0 Å². The summed E-state index contributed by atoms with van der Waals surface area (Å²) >= 11 is 0. The lowest BCUT2D eigenvalue weighted by Crippen LogP contribution is -2.58. The zero-order chi connectivity index (χ0) is 20.2. The topological polar surface area (TPSA) is 46.5 Å². The van der Waals surface area contributed by atoms with Crippen LogP contribution in [0, 0.1) is 34.5 Å². The van der Waals surface area contributed by atoms with E-state index in [0.29, 0.717) is 53.5 Å². The van der Waals surface area contributed by atoms with Gasteiger partial charge >= 0.3 is 0 Å². The normalized spacial score (nSPS) is 45.2. The first kappa shape index (κ1) is 19.9. The Labute approximate surface area is 176 Å². The van der Waals surface area contributed by atoms with E-state index in [2.05, 4.69) is 13.8 Å². The van der Waals surface area contributed by atoms with Gasteiger partial charge in [-0.15, -0.1) is 0 Å². The van der Waals surface area contributed by atoms with Crippen LogP contribution in [0.5, 0.6) is 0 Å². The van der Waals surface area contributed by atoms with Gasteiger partial charge < -0.3 is 0 Å². The number of rotatable bonds is 3. The van der Waals surface area contributed by atoms with E-state index in [9.17, 15) is 9.59 Å². The molecule has 5 aliphatic rings. The summed E-state index contributed by atoms with van der Waals surface area (Å²) in [5.74, 6) is 2.96. The van der Waals surface area contributed by atoms with Gasteiger partial charge in [-0.1, -0.05) is 52.4 Å². The quantitative estimate of drug-likeness (QED) is 0.591. The zero-order valence-electron chi connectivity index (χ0n) is 18.5. The summed E-state index contributed by atoms with van der Waals surface area (Å²) in [5.41, 5.74) is 1.57. The van der Waals surface area contributed by atoms with Crippen molar-refractivity contribution < 1.29 is 9.59 Å². The Morgan fingerprint density at radius 1 is 0.966 bits per heavy atom. The number of aliphatic imine (C=N–C) groups is 1. The third-order valence-corrected chi connectivity index (χ3v) is 10.1. The summed E-state index contributed by atoms with van der Waals surface area (Å²) in [6, 6.07) is -0.154. The van der Waals surface area contributed by atoms with Crippen LogP contribution in [0.3, 0.4) is 0 Å².